The van der Waals surface area contributed by atoms with E-state index >= 15 is 0 Å². The number of sulfonamides is 1. The number of anilines is 1. The molecule has 0 aliphatic carbocycles. The van der Waals surface area contributed by atoms with E-state index in [-0.39, 0.29) is 11.4 Å². The fourth-order valence-electron chi connectivity index (χ4n) is 1.66. The van der Waals surface area contributed by atoms with Gasteiger partial charge in [-0.05, 0) is 23.8 Å². The normalized spacial score (nSPS) is 11.5. The second kappa shape index (κ2) is 6.41. The summed E-state index contributed by atoms with van der Waals surface area (Å²) < 4.78 is 44.3. The highest BCUT2D eigenvalue weighted by atomic mass is 32.2. The topological polar surface area (TPSA) is 55.4 Å². The Hall–Kier alpha value is -2.34. The lowest BCUT2D eigenvalue weighted by atomic mass is 10.2. The van der Waals surface area contributed by atoms with Gasteiger partial charge in [-0.3, -0.25) is 4.72 Å². The zero-order chi connectivity index (χ0) is 15.3. The highest BCUT2D eigenvalue weighted by Crippen LogP contribution is 2.21. The smallest absolute Gasteiger partial charge is 0.255 e. The number of halogens is 1. The van der Waals surface area contributed by atoms with Gasteiger partial charge in [-0.25, -0.2) is 12.8 Å². The van der Waals surface area contributed by atoms with Crippen LogP contribution in [0.15, 0.2) is 53.9 Å². The monoisotopic (exact) mass is 307 g/mol. The summed E-state index contributed by atoms with van der Waals surface area (Å²) >= 11 is 0. The fourth-order valence-corrected chi connectivity index (χ4v) is 2.52. The number of rotatable bonds is 5. The average molecular weight is 307 g/mol. The number of methoxy groups -OCH3 is 1. The molecule has 2 aromatic rings. The number of nitrogens with one attached hydrogen (secondary N) is 1. The maximum absolute atomic E-state index is 13.5. The molecule has 0 aliphatic heterocycles. The molecule has 0 spiro atoms. The molecule has 1 N–H and O–H groups in total. The van der Waals surface area contributed by atoms with E-state index in [0.717, 1.165) is 17.0 Å². The first-order chi connectivity index (χ1) is 10.00. The third kappa shape index (κ3) is 4.32. The van der Waals surface area contributed by atoms with Crippen molar-refractivity contribution < 1.29 is 17.5 Å². The van der Waals surface area contributed by atoms with Crippen LogP contribution < -0.4 is 9.46 Å². The molecule has 0 amide bonds. The maximum Gasteiger partial charge on any atom is 0.255 e. The molecule has 2 aromatic carbocycles. The van der Waals surface area contributed by atoms with Crippen LogP contribution in [0.1, 0.15) is 5.56 Å². The van der Waals surface area contributed by atoms with E-state index in [1.807, 2.05) is 6.07 Å². The number of benzene rings is 2. The summed E-state index contributed by atoms with van der Waals surface area (Å²) in [5, 5.41) is 1.03. The summed E-state index contributed by atoms with van der Waals surface area (Å²) in [6.45, 7) is 0. The van der Waals surface area contributed by atoms with E-state index < -0.39 is 15.8 Å². The van der Waals surface area contributed by atoms with Crippen LogP contribution in [0.4, 0.5) is 10.1 Å². The lowest BCUT2D eigenvalue weighted by molar-refractivity contribution is 0.387. The second-order valence-electron chi connectivity index (χ2n) is 4.21. The summed E-state index contributed by atoms with van der Waals surface area (Å²) in [5.41, 5.74) is 0.884. The molecule has 0 unspecified atom stereocenters. The lowest BCUT2D eigenvalue weighted by Gasteiger charge is -2.06. The summed E-state index contributed by atoms with van der Waals surface area (Å²) in [6, 6.07) is 12.8. The molecule has 0 saturated carbocycles. The van der Waals surface area contributed by atoms with E-state index in [1.54, 1.807) is 24.3 Å². The third-order valence-corrected chi connectivity index (χ3v) is 3.67. The van der Waals surface area contributed by atoms with E-state index in [2.05, 4.69) is 4.72 Å². The standard InChI is InChI=1S/C15H14FNO3S/c1-20-15-8-7-13(11-14(15)16)17-21(18,19)10-9-12-5-3-2-4-6-12/h2-11,17H,1H3/b10-9+. The molecule has 0 bridgehead atoms. The summed E-state index contributed by atoms with van der Waals surface area (Å²) in [5.74, 6) is -0.581. The van der Waals surface area contributed by atoms with Crippen LogP contribution in [0.3, 0.4) is 0 Å². The van der Waals surface area contributed by atoms with Gasteiger partial charge in [0.05, 0.1) is 18.2 Å². The Balaban J connectivity index is 2.14. The quantitative estimate of drug-likeness (QED) is 0.922. The van der Waals surface area contributed by atoms with Gasteiger partial charge in [-0.2, -0.15) is 0 Å². The van der Waals surface area contributed by atoms with E-state index in [9.17, 15) is 12.8 Å². The van der Waals surface area contributed by atoms with E-state index in [0.29, 0.717) is 0 Å². The molecular formula is C15H14FNO3S. The molecule has 21 heavy (non-hydrogen) atoms. The van der Waals surface area contributed by atoms with Gasteiger partial charge in [0, 0.05) is 6.07 Å². The van der Waals surface area contributed by atoms with E-state index in [1.165, 1.54) is 25.3 Å². The van der Waals surface area contributed by atoms with Crippen molar-refractivity contribution in [2.45, 2.75) is 0 Å². The van der Waals surface area contributed by atoms with Crippen molar-refractivity contribution in [1.82, 2.24) is 0 Å². The molecule has 0 saturated heterocycles. The van der Waals surface area contributed by atoms with Gasteiger partial charge >= 0.3 is 0 Å². The summed E-state index contributed by atoms with van der Waals surface area (Å²) in [4.78, 5) is 0. The molecule has 0 aromatic heterocycles. The number of hydrogen-bond acceptors (Lipinski definition) is 3. The molecule has 0 radical (unpaired) electrons. The Morgan fingerprint density at radius 3 is 2.48 bits per heavy atom. The highest BCUT2D eigenvalue weighted by molar-refractivity contribution is 7.95. The van der Waals surface area contributed by atoms with Gasteiger partial charge in [-0.1, -0.05) is 30.3 Å². The first-order valence-corrected chi connectivity index (χ1v) is 7.64. The molecule has 0 atom stereocenters. The zero-order valence-electron chi connectivity index (χ0n) is 11.3. The minimum Gasteiger partial charge on any atom is -0.494 e. The molecule has 0 fully saturated rings. The predicted octanol–water partition coefficient (Wildman–Crippen LogP) is 3.25. The molecule has 110 valence electrons. The van der Waals surface area contributed by atoms with Crippen molar-refractivity contribution in [1.29, 1.82) is 0 Å². The van der Waals surface area contributed by atoms with Crippen LogP contribution in [0.25, 0.3) is 6.08 Å². The molecule has 0 heterocycles. The largest absolute Gasteiger partial charge is 0.494 e. The maximum atomic E-state index is 13.5. The Morgan fingerprint density at radius 2 is 1.86 bits per heavy atom. The summed E-state index contributed by atoms with van der Waals surface area (Å²) in [7, 11) is -2.37. The van der Waals surface area contributed by atoms with Gasteiger partial charge < -0.3 is 4.74 Å². The van der Waals surface area contributed by atoms with E-state index in [4.69, 9.17) is 4.74 Å². The average Bonchev–Trinajstić information content (AvgIpc) is 2.46. The van der Waals surface area contributed by atoms with Crippen LogP contribution in [-0.4, -0.2) is 15.5 Å². The van der Waals surface area contributed by atoms with Crippen molar-refractivity contribution >= 4 is 21.8 Å². The molecule has 0 aliphatic rings. The van der Waals surface area contributed by atoms with Crippen LogP contribution >= 0.6 is 0 Å². The predicted molar refractivity (Wildman–Crippen MR) is 81.0 cm³/mol. The van der Waals surface area contributed by atoms with Crippen molar-refractivity contribution in [3.8, 4) is 5.75 Å². The van der Waals surface area contributed by atoms with Gasteiger partial charge in [0.2, 0.25) is 0 Å². The third-order valence-electron chi connectivity index (χ3n) is 2.65. The van der Waals surface area contributed by atoms with Crippen molar-refractivity contribution in [3.05, 3.63) is 65.3 Å². The molecule has 2 rings (SSSR count). The van der Waals surface area contributed by atoms with Crippen LogP contribution in [-0.2, 0) is 10.0 Å². The first kappa shape index (κ1) is 15.1. The molecular weight excluding hydrogens is 293 g/mol. The van der Waals surface area contributed by atoms with Crippen LogP contribution in [0.5, 0.6) is 5.75 Å². The lowest BCUT2D eigenvalue weighted by Crippen LogP contribution is -2.09. The minimum absolute atomic E-state index is 0.0535. The van der Waals surface area contributed by atoms with Gasteiger partial charge in [-0.15, -0.1) is 0 Å². The Kier molecular flexibility index (Phi) is 4.59. The van der Waals surface area contributed by atoms with Crippen molar-refractivity contribution in [3.63, 3.8) is 0 Å². The second-order valence-corrected chi connectivity index (χ2v) is 5.78. The summed E-state index contributed by atoms with van der Waals surface area (Å²) in [6.07, 6.45) is 1.46. The van der Waals surface area contributed by atoms with Crippen LogP contribution in [0.2, 0.25) is 0 Å². The zero-order valence-corrected chi connectivity index (χ0v) is 12.1. The van der Waals surface area contributed by atoms with Gasteiger partial charge in [0.25, 0.3) is 10.0 Å². The van der Waals surface area contributed by atoms with Crippen LogP contribution in [0, 0.1) is 5.82 Å². The van der Waals surface area contributed by atoms with Gasteiger partial charge in [0.1, 0.15) is 0 Å². The Bertz CT molecular complexity index is 743. The first-order valence-electron chi connectivity index (χ1n) is 6.10. The number of hydrogen-bond donors (Lipinski definition) is 1. The van der Waals surface area contributed by atoms with Crippen molar-refractivity contribution in [2.24, 2.45) is 0 Å². The highest BCUT2D eigenvalue weighted by Gasteiger charge is 2.08. The van der Waals surface area contributed by atoms with Crippen molar-refractivity contribution in [2.75, 3.05) is 11.8 Å². The fraction of sp³-hybridized carbons (Fsp3) is 0.0667. The van der Waals surface area contributed by atoms with Gasteiger partial charge in [0.15, 0.2) is 11.6 Å². The molecule has 6 heteroatoms. The minimum atomic E-state index is -3.71. The Morgan fingerprint density at radius 1 is 1.14 bits per heavy atom. The molecule has 4 nitrogen and oxygen atoms in total. The number of ether oxygens (including phenoxy) is 1. The SMILES string of the molecule is COc1ccc(NS(=O)(=O)/C=C/c2ccccc2)cc1F. The Labute approximate surface area is 122 Å².